The summed E-state index contributed by atoms with van der Waals surface area (Å²) < 4.78 is 4.80. The van der Waals surface area contributed by atoms with E-state index < -0.39 is 0 Å². The maximum atomic E-state index is 10.7. The van der Waals surface area contributed by atoms with Gasteiger partial charge in [-0.3, -0.25) is 4.79 Å². The molecule has 1 unspecified atom stereocenters. The van der Waals surface area contributed by atoms with Crippen LogP contribution in [0.1, 0.15) is 13.8 Å². The number of carbonyl (C=O) groups excluding carboxylic acids is 1. The lowest BCUT2D eigenvalue weighted by Gasteiger charge is -2.14. The number of cyclic esters (lactones) is 1. The summed E-state index contributed by atoms with van der Waals surface area (Å²) in [5.41, 5.74) is 1.14. The molecule has 50 valence electrons. The highest BCUT2D eigenvalue weighted by Gasteiger charge is 2.16. The Morgan fingerprint density at radius 2 is 2.44 bits per heavy atom. The van der Waals surface area contributed by atoms with E-state index >= 15 is 0 Å². The molecular formula is C7H10O2. The number of hydrogen-bond acceptors (Lipinski definition) is 2. The van der Waals surface area contributed by atoms with Gasteiger partial charge in [-0.25, -0.2) is 0 Å². The summed E-state index contributed by atoms with van der Waals surface area (Å²) in [4.78, 5) is 10.7. The lowest BCUT2D eigenvalue weighted by Crippen LogP contribution is -2.19. The largest absolute Gasteiger partial charge is 0.461 e. The fourth-order valence-electron chi connectivity index (χ4n) is 0.859. The van der Waals surface area contributed by atoms with Crippen molar-refractivity contribution in [2.24, 2.45) is 5.92 Å². The van der Waals surface area contributed by atoms with Crippen LogP contribution in [0.3, 0.4) is 0 Å². The Labute approximate surface area is 54.5 Å². The molecule has 0 aromatic heterocycles. The zero-order valence-corrected chi connectivity index (χ0v) is 5.68. The molecule has 9 heavy (non-hydrogen) atoms. The maximum absolute atomic E-state index is 10.7. The second-order valence-corrected chi connectivity index (χ2v) is 2.41. The molecule has 2 heteroatoms. The van der Waals surface area contributed by atoms with E-state index in [0.717, 1.165) is 5.57 Å². The van der Waals surface area contributed by atoms with Crippen LogP contribution in [0.25, 0.3) is 0 Å². The fraction of sp³-hybridized carbons (Fsp3) is 0.571. The zero-order chi connectivity index (χ0) is 6.85. The predicted octanol–water partition coefficient (Wildman–Crippen LogP) is 1.13. The Bertz CT molecular complexity index is 158. The minimum absolute atomic E-state index is 0.0428. The Morgan fingerprint density at radius 3 is 2.89 bits per heavy atom. The van der Waals surface area contributed by atoms with E-state index in [0.29, 0.717) is 6.61 Å². The highest BCUT2D eigenvalue weighted by Crippen LogP contribution is 2.11. The van der Waals surface area contributed by atoms with Gasteiger partial charge in [0.05, 0.1) is 5.92 Å². The van der Waals surface area contributed by atoms with E-state index in [1.807, 2.05) is 19.9 Å². The fourth-order valence-corrected chi connectivity index (χ4v) is 0.859. The summed E-state index contributed by atoms with van der Waals surface area (Å²) in [6, 6.07) is 0. The van der Waals surface area contributed by atoms with Crippen molar-refractivity contribution in [3.8, 4) is 0 Å². The quantitative estimate of drug-likeness (QED) is 0.359. The van der Waals surface area contributed by atoms with E-state index in [1.54, 1.807) is 0 Å². The molecule has 0 aromatic carbocycles. The third-order valence-corrected chi connectivity index (χ3v) is 1.35. The molecule has 0 amide bonds. The van der Waals surface area contributed by atoms with Gasteiger partial charge in [0.1, 0.15) is 6.61 Å². The van der Waals surface area contributed by atoms with E-state index in [2.05, 4.69) is 0 Å². The molecule has 1 heterocycles. The highest BCUT2D eigenvalue weighted by atomic mass is 16.5. The Hall–Kier alpha value is -0.790. The van der Waals surface area contributed by atoms with E-state index in [1.165, 1.54) is 0 Å². The SMILES string of the molecule is CC1=CC(C)C(=O)OC1. The first-order valence-corrected chi connectivity index (χ1v) is 3.04. The zero-order valence-electron chi connectivity index (χ0n) is 5.68. The molecule has 0 aliphatic carbocycles. The van der Waals surface area contributed by atoms with Gasteiger partial charge in [-0.1, -0.05) is 6.08 Å². The molecule has 0 saturated heterocycles. The van der Waals surface area contributed by atoms with Gasteiger partial charge in [0.15, 0.2) is 0 Å². The molecule has 0 N–H and O–H groups in total. The van der Waals surface area contributed by atoms with Gasteiger partial charge < -0.3 is 4.74 Å². The number of rotatable bonds is 0. The van der Waals surface area contributed by atoms with Crippen molar-refractivity contribution in [1.82, 2.24) is 0 Å². The van der Waals surface area contributed by atoms with Crippen LogP contribution in [-0.4, -0.2) is 12.6 Å². The third-order valence-electron chi connectivity index (χ3n) is 1.35. The van der Waals surface area contributed by atoms with Crippen molar-refractivity contribution in [2.45, 2.75) is 13.8 Å². The molecule has 0 saturated carbocycles. The molecule has 0 radical (unpaired) electrons. The second-order valence-electron chi connectivity index (χ2n) is 2.41. The molecule has 1 aliphatic rings. The van der Waals surface area contributed by atoms with Crippen molar-refractivity contribution in [1.29, 1.82) is 0 Å². The average molecular weight is 126 g/mol. The van der Waals surface area contributed by atoms with Gasteiger partial charge in [0.2, 0.25) is 0 Å². The second kappa shape index (κ2) is 2.21. The van der Waals surface area contributed by atoms with Gasteiger partial charge in [-0.2, -0.15) is 0 Å². The molecule has 1 aliphatic heterocycles. The van der Waals surface area contributed by atoms with Crippen molar-refractivity contribution >= 4 is 5.97 Å². The Balaban J connectivity index is 2.69. The predicted molar refractivity (Wildman–Crippen MR) is 33.9 cm³/mol. The first-order valence-electron chi connectivity index (χ1n) is 3.04. The lowest BCUT2D eigenvalue weighted by molar-refractivity contribution is -0.146. The first kappa shape index (κ1) is 6.33. The summed E-state index contributed by atoms with van der Waals surface area (Å²) in [7, 11) is 0. The average Bonchev–Trinajstić information content (AvgIpc) is 1.80. The van der Waals surface area contributed by atoms with Crippen molar-refractivity contribution in [3.63, 3.8) is 0 Å². The summed E-state index contributed by atoms with van der Waals surface area (Å²) in [6.07, 6.45) is 1.94. The minimum Gasteiger partial charge on any atom is -0.461 e. The van der Waals surface area contributed by atoms with Crippen molar-refractivity contribution < 1.29 is 9.53 Å². The van der Waals surface area contributed by atoms with Crippen LogP contribution < -0.4 is 0 Å². The molecule has 2 nitrogen and oxygen atoms in total. The number of hydrogen-bond donors (Lipinski definition) is 0. The van der Waals surface area contributed by atoms with E-state index in [9.17, 15) is 4.79 Å². The number of ether oxygens (including phenoxy) is 1. The minimum atomic E-state index is -0.111. The van der Waals surface area contributed by atoms with Gasteiger partial charge in [0, 0.05) is 0 Å². The van der Waals surface area contributed by atoms with E-state index in [4.69, 9.17) is 4.74 Å². The first-order chi connectivity index (χ1) is 4.20. The summed E-state index contributed by atoms with van der Waals surface area (Å²) in [5.74, 6) is -0.153. The van der Waals surface area contributed by atoms with Gasteiger partial charge in [0.25, 0.3) is 0 Å². The van der Waals surface area contributed by atoms with Gasteiger partial charge >= 0.3 is 5.97 Å². The van der Waals surface area contributed by atoms with Crippen LogP contribution >= 0.6 is 0 Å². The Kier molecular flexibility index (Phi) is 1.56. The molecular weight excluding hydrogens is 116 g/mol. The molecule has 1 rings (SSSR count). The van der Waals surface area contributed by atoms with Crippen LogP contribution in [0.2, 0.25) is 0 Å². The summed E-state index contributed by atoms with van der Waals surface area (Å²) >= 11 is 0. The summed E-state index contributed by atoms with van der Waals surface area (Å²) in [5, 5.41) is 0. The van der Waals surface area contributed by atoms with Crippen LogP contribution in [0.4, 0.5) is 0 Å². The van der Waals surface area contributed by atoms with Crippen LogP contribution in [0.5, 0.6) is 0 Å². The summed E-state index contributed by atoms with van der Waals surface area (Å²) in [6.45, 7) is 4.27. The number of esters is 1. The van der Waals surface area contributed by atoms with Crippen LogP contribution in [0.15, 0.2) is 11.6 Å². The third kappa shape index (κ3) is 1.31. The van der Waals surface area contributed by atoms with E-state index in [-0.39, 0.29) is 11.9 Å². The maximum Gasteiger partial charge on any atom is 0.312 e. The topological polar surface area (TPSA) is 26.3 Å². The smallest absolute Gasteiger partial charge is 0.312 e. The molecule has 0 aromatic rings. The standard InChI is InChI=1S/C7H10O2/c1-5-3-6(2)7(8)9-4-5/h3,6H,4H2,1-2H3. The molecule has 0 bridgehead atoms. The number of carbonyl (C=O) groups is 1. The highest BCUT2D eigenvalue weighted by molar-refractivity contribution is 5.75. The monoisotopic (exact) mass is 126 g/mol. The van der Waals surface area contributed by atoms with Crippen molar-refractivity contribution in [2.75, 3.05) is 6.61 Å². The molecule has 0 spiro atoms. The van der Waals surface area contributed by atoms with Crippen molar-refractivity contribution in [3.05, 3.63) is 11.6 Å². The van der Waals surface area contributed by atoms with Gasteiger partial charge in [-0.05, 0) is 19.4 Å². The Morgan fingerprint density at radius 1 is 1.78 bits per heavy atom. The van der Waals surface area contributed by atoms with Crippen LogP contribution in [0, 0.1) is 5.92 Å². The normalized spacial score (nSPS) is 27.1. The van der Waals surface area contributed by atoms with Gasteiger partial charge in [-0.15, -0.1) is 0 Å². The van der Waals surface area contributed by atoms with Crippen LogP contribution in [-0.2, 0) is 9.53 Å². The molecule has 1 atom stereocenters. The lowest BCUT2D eigenvalue weighted by atomic mass is 10.1. The molecule has 0 fully saturated rings.